The molecular weight excluding hydrogens is 372 g/mol. The second-order valence-electron chi connectivity index (χ2n) is 5.09. The van der Waals surface area contributed by atoms with Crippen molar-refractivity contribution in [3.63, 3.8) is 0 Å². The molecule has 2 aromatic carbocycles. The fourth-order valence-electron chi connectivity index (χ4n) is 2.47. The number of imidazole rings is 1. The van der Waals surface area contributed by atoms with Gasteiger partial charge in [-0.2, -0.15) is 5.10 Å². The summed E-state index contributed by atoms with van der Waals surface area (Å²) in [6.07, 6.45) is 1.64. The summed E-state index contributed by atoms with van der Waals surface area (Å²) in [6, 6.07) is 11.4. The van der Waals surface area contributed by atoms with E-state index in [1.807, 2.05) is 24.3 Å². The van der Waals surface area contributed by atoms with Gasteiger partial charge in [-0.15, -0.1) is 0 Å². The lowest BCUT2D eigenvalue weighted by Gasteiger charge is -2.07. The molecule has 3 aromatic rings. The first-order chi connectivity index (χ1) is 11.6. The van der Waals surface area contributed by atoms with Crippen molar-refractivity contribution >= 4 is 39.1 Å². The van der Waals surface area contributed by atoms with Crippen LogP contribution >= 0.6 is 15.9 Å². The zero-order chi connectivity index (χ0) is 17.1. The first-order valence-electron chi connectivity index (χ1n) is 7.45. The average Bonchev–Trinajstić information content (AvgIpc) is 2.95. The van der Waals surface area contributed by atoms with E-state index in [-0.39, 0.29) is 5.75 Å². The molecule has 0 aliphatic heterocycles. The molecule has 3 rings (SSSR count). The molecule has 7 heteroatoms. The summed E-state index contributed by atoms with van der Waals surface area (Å²) >= 11 is 3.29. The zero-order valence-corrected chi connectivity index (χ0v) is 14.9. The average molecular weight is 389 g/mol. The van der Waals surface area contributed by atoms with E-state index in [4.69, 9.17) is 4.74 Å². The molecule has 6 nitrogen and oxygen atoms in total. The fraction of sp³-hybridized carbons (Fsp3) is 0.176. The molecule has 2 N–H and O–H groups in total. The van der Waals surface area contributed by atoms with E-state index in [9.17, 15) is 5.11 Å². The fourth-order valence-corrected chi connectivity index (χ4v) is 2.93. The summed E-state index contributed by atoms with van der Waals surface area (Å²) in [5.41, 5.74) is 5.74. The number of rotatable bonds is 5. The number of para-hydroxylation sites is 2. The van der Waals surface area contributed by atoms with Gasteiger partial charge in [0.1, 0.15) is 0 Å². The molecule has 0 radical (unpaired) electrons. The van der Waals surface area contributed by atoms with Crippen LogP contribution in [0.2, 0.25) is 0 Å². The van der Waals surface area contributed by atoms with Crippen molar-refractivity contribution < 1.29 is 9.84 Å². The number of fused-ring (bicyclic) bond motifs is 1. The second-order valence-corrected chi connectivity index (χ2v) is 5.95. The predicted octanol–water partition coefficient (Wildman–Crippen LogP) is 3.98. The van der Waals surface area contributed by atoms with Crippen LogP contribution in [0, 0.1) is 0 Å². The lowest BCUT2D eigenvalue weighted by molar-refractivity contribution is 0.372. The Hall–Kier alpha value is -2.54. The molecule has 0 bridgehead atoms. The van der Waals surface area contributed by atoms with Gasteiger partial charge in [-0.1, -0.05) is 12.1 Å². The number of nitrogens with zero attached hydrogens (tertiary/aromatic N) is 3. The molecule has 24 heavy (non-hydrogen) atoms. The number of hydrogen-bond donors (Lipinski definition) is 2. The highest BCUT2D eigenvalue weighted by Crippen LogP contribution is 2.34. The largest absolute Gasteiger partial charge is 0.503 e. The molecule has 0 unspecified atom stereocenters. The molecular formula is C17H17BrN4O2. The van der Waals surface area contributed by atoms with Crippen LogP contribution in [0.3, 0.4) is 0 Å². The molecule has 0 aliphatic rings. The third kappa shape index (κ3) is 3.07. The van der Waals surface area contributed by atoms with E-state index in [0.29, 0.717) is 16.2 Å². The van der Waals surface area contributed by atoms with Gasteiger partial charge in [0, 0.05) is 6.54 Å². The number of aromatic hydroxyl groups is 1. The van der Waals surface area contributed by atoms with Crippen LogP contribution in [-0.2, 0) is 6.54 Å². The zero-order valence-electron chi connectivity index (χ0n) is 13.3. The summed E-state index contributed by atoms with van der Waals surface area (Å²) in [5.74, 6) is 1.13. The summed E-state index contributed by atoms with van der Waals surface area (Å²) < 4.78 is 7.73. The summed E-state index contributed by atoms with van der Waals surface area (Å²) in [6.45, 7) is 2.85. The maximum Gasteiger partial charge on any atom is 0.224 e. The Bertz CT molecular complexity index is 905. The lowest BCUT2D eigenvalue weighted by Crippen LogP contribution is -2.02. The predicted molar refractivity (Wildman–Crippen MR) is 99.0 cm³/mol. The van der Waals surface area contributed by atoms with Gasteiger partial charge in [0.15, 0.2) is 11.5 Å². The number of benzene rings is 2. The summed E-state index contributed by atoms with van der Waals surface area (Å²) in [4.78, 5) is 4.54. The van der Waals surface area contributed by atoms with Crippen LogP contribution < -0.4 is 10.2 Å². The van der Waals surface area contributed by atoms with Crippen molar-refractivity contribution in [3.8, 4) is 11.5 Å². The first kappa shape index (κ1) is 16.3. The van der Waals surface area contributed by atoms with Crippen molar-refractivity contribution in [1.82, 2.24) is 9.55 Å². The normalized spacial score (nSPS) is 11.3. The van der Waals surface area contributed by atoms with Crippen LogP contribution in [0.15, 0.2) is 46.0 Å². The van der Waals surface area contributed by atoms with E-state index in [1.165, 1.54) is 7.11 Å². The number of nitrogens with one attached hydrogen (secondary N) is 1. The maximum atomic E-state index is 9.83. The highest BCUT2D eigenvalue weighted by Gasteiger charge is 2.09. The number of aryl methyl sites for hydroxylation is 1. The van der Waals surface area contributed by atoms with Crippen molar-refractivity contribution in [1.29, 1.82) is 0 Å². The SMILES string of the molecule is CCn1c(N/N=C\c2cc(Br)c(O)c(OC)c2)nc2ccccc21. The quantitative estimate of drug-likeness (QED) is 0.512. The number of ether oxygens (including phenoxy) is 1. The first-order valence-corrected chi connectivity index (χ1v) is 8.24. The minimum Gasteiger partial charge on any atom is -0.503 e. The minimum atomic E-state index is 0.0652. The monoisotopic (exact) mass is 388 g/mol. The molecule has 0 aliphatic carbocycles. The van der Waals surface area contributed by atoms with Crippen LogP contribution in [0.1, 0.15) is 12.5 Å². The molecule has 0 saturated carbocycles. The van der Waals surface area contributed by atoms with E-state index in [1.54, 1.807) is 18.3 Å². The molecule has 0 spiro atoms. The lowest BCUT2D eigenvalue weighted by atomic mass is 10.2. The number of hydrazone groups is 1. The van der Waals surface area contributed by atoms with Gasteiger partial charge < -0.3 is 14.4 Å². The minimum absolute atomic E-state index is 0.0652. The third-order valence-electron chi connectivity index (χ3n) is 3.62. The number of phenols is 1. The third-order valence-corrected chi connectivity index (χ3v) is 4.22. The second kappa shape index (κ2) is 6.92. The van der Waals surface area contributed by atoms with Gasteiger partial charge in [0.2, 0.25) is 5.95 Å². The molecule has 0 fully saturated rings. The Labute approximate surface area is 147 Å². The number of phenolic OH excluding ortho intramolecular Hbond substituents is 1. The van der Waals surface area contributed by atoms with Crippen LogP contribution in [0.25, 0.3) is 11.0 Å². The van der Waals surface area contributed by atoms with Gasteiger partial charge in [-0.05, 0) is 52.7 Å². The van der Waals surface area contributed by atoms with Gasteiger partial charge in [0.05, 0.1) is 28.8 Å². The Kier molecular flexibility index (Phi) is 4.71. The number of halogens is 1. The maximum absolute atomic E-state index is 9.83. The summed E-state index contributed by atoms with van der Waals surface area (Å²) in [5, 5.41) is 14.1. The van der Waals surface area contributed by atoms with E-state index >= 15 is 0 Å². The smallest absolute Gasteiger partial charge is 0.224 e. The number of anilines is 1. The highest BCUT2D eigenvalue weighted by atomic mass is 79.9. The standard InChI is InChI=1S/C17H17BrN4O2/c1-3-22-14-7-5-4-6-13(14)20-17(22)21-19-10-11-8-12(18)16(23)15(9-11)24-2/h4-10,23H,3H2,1-2H3,(H,20,21)/b19-10-. The van der Waals surface area contributed by atoms with Gasteiger partial charge in [0.25, 0.3) is 0 Å². The van der Waals surface area contributed by atoms with Crippen molar-refractivity contribution in [3.05, 3.63) is 46.4 Å². The van der Waals surface area contributed by atoms with E-state index < -0.39 is 0 Å². The molecule has 0 saturated heterocycles. The number of hydrogen-bond acceptors (Lipinski definition) is 5. The number of methoxy groups -OCH3 is 1. The Morgan fingerprint density at radius 2 is 2.17 bits per heavy atom. The van der Waals surface area contributed by atoms with E-state index in [2.05, 4.69) is 42.9 Å². The number of aromatic nitrogens is 2. The Morgan fingerprint density at radius 1 is 1.38 bits per heavy atom. The topological polar surface area (TPSA) is 71.7 Å². The molecule has 124 valence electrons. The van der Waals surface area contributed by atoms with Crippen LogP contribution in [-0.4, -0.2) is 28.0 Å². The van der Waals surface area contributed by atoms with E-state index in [0.717, 1.165) is 23.1 Å². The van der Waals surface area contributed by atoms with Gasteiger partial charge >= 0.3 is 0 Å². The van der Waals surface area contributed by atoms with Crippen molar-refractivity contribution in [2.75, 3.05) is 12.5 Å². The molecule has 1 aromatic heterocycles. The highest BCUT2D eigenvalue weighted by molar-refractivity contribution is 9.10. The van der Waals surface area contributed by atoms with Crippen molar-refractivity contribution in [2.45, 2.75) is 13.5 Å². The molecule has 0 atom stereocenters. The Morgan fingerprint density at radius 3 is 2.92 bits per heavy atom. The van der Waals surface area contributed by atoms with Gasteiger partial charge in [-0.25, -0.2) is 10.4 Å². The van der Waals surface area contributed by atoms with Crippen LogP contribution in [0.4, 0.5) is 5.95 Å². The summed E-state index contributed by atoms with van der Waals surface area (Å²) in [7, 11) is 1.50. The molecule has 1 heterocycles. The van der Waals surface area contributed by atoms with Crippen molar-refractivity contribution in [2.24, 2.45) is 5.10 Å². The Balaban J connectivity index is 1.86. The van der Waals surface area contributed by atoms with Gasteiger partial charge in [-0.3, -0.25) is 0 Å². The molecule has 0 amide bonds. The van der Waals surface area contributed by atoms with Crippen LogP contribution in [0.5, 0.6) is 11.5 Å².